The fourth-order valence-corrected chi connectivity index (χ4v) is 3.88. The number of ether oxygens (including phenoxy) is 3. The van der Waals surface area contributed by atoms with Gasteiger partial charge in [-0.1, -0.05) is 24.3 Å². The molecule has 1 saturated heterocycles. The van der Waals surface area contributed by atoms with Gasteiger partial charge in [-0.15, -0.1) is 0 Å². The Labute approximate surface area is 180 Å². The zero-order valence-corrected chi connectivity index (χ0v) is 17.8. The van der Waals surface area contributed by atoms with E-state index in [1.165, 1.54) is 0 Å². The van der Waals surface area contributed by atoms with Crippen molar-refractivity contribution in [3.63, 3.8) is 0 Å². The van der Waals surface area contributed by atoms with E-state index in [9.17, 15) is 14.7 Å². The average molecular weight is 426 g/mol. The molecular formula is C23H26N2O6. The zero-order chi connectivity index (χ0) is 22.2. The van der Waals surface area contributed by atoms with Gasteiger partial charge in [0.15, 0.2) is 11.5 Å². The number of β-amino-alcohol motifs (C(OH)–C–C–N with tert-alkyl or cyclic N) is 1. The highest BCUT2D eigenvalue weighted by Gasteiger charge is 2.49. The molecular weight excluding hydrogens is 400 g/mol. The fourth-order valence-electron chi connectivity index (χ4n) is 3.88. The first-order valence-electron chi connectivity index (χ1n) is 10.2. The second-order valence-electron chi connectivity index (χ2n) is 8.02. The number of fused-ring (bicyclic) bond motifs is 1. The van der Waals surface area contributed by atoms with Gasteiger partial charge in [0, 0.05) is 0 Å². The molecule has 2 aromatic carbocycles. The van der Waals surface area contributed by atoms with Crippen molar-refractivity contribution in [3.05, 3.63) is 53.1 Å². The lowest BCUT2D eigenvalue weighted by Crippen LogP contribution is -2.42. The van der Waals surface area contributed by atoms with E-state index in [4.69, 9.17) is 14.2 Å². The largest absolute Gasteiger partial charge is 0.490 e. The highest BCUT2D eigenvalue weighted by molar-refractivity contribution is 6.07. The molecule has 31 heavy (non-hydrogen) atoms. The van der Waals surface area contributed by atoms with Crippen molar-refractivity contribution in [1.82, 2.24) is 10.2 Å². The summed E-state index contributed by atoms with van der Waals surface area (Å²) in [5.41, 5.74) is 1.22. The van der Waals surface area contributed by atoms with Gasteiger partial charge in [0.2, 0.25) is 0 Å². The smallest absolute Gasteiger partial charge is 0.325 e. The number of benzene rings is 2. The monoisotopic (exact) mass is 426 g/mol. The molecule has 0 aliphatic carbocycles. The minimum absolute atomic E-state index is 0.0382. The van der Waals surface area contributed by atoms with E-state index in [2.05, 4.69) is 5.32 Å². The first kappa shape index (κ1) is 21.0. The Hall–Kier alpha value is -3.26. The summed E-state index contributed by atoms with van der Waals surface area (Å²) in [7, 11) is 0. The molecule has 2 N–H and O–H groups in total. The quantitative estimate of drug-likeness (QED) is 0.688. The molecule has 3 amide bonds. The number of imide groups is 1. The number of rotatable bonds is 6. The molecule has 2 heterocycles. The highest BCUT2D eigenvalue weighted by atomic mass is 16.6. The van der Waals surface area contributed by atoms with Crippen LogP contribution in [0.5, 0.6) is 17.2 Å². The van der Waals surface area contributed by atoms with Gasteiger partial charge in [-0.2, -0.15) is 0 Å². The molecule has 0 saturated carbocycles. The summed E-state index contributed by atoms with van der Waals surface area (Å²) in [6.45, 7) is 6.16. The fraction of sp³-hybridized carbons (Fsp3) is 0.391. The Bertz CT molecular complexity index is 1000. The number of amides is 3. The van der Waals surface area contributed by atoms with Crippen LogP contribution < -0.4 is 19.5 Å². The Kier molecular flexibility index (Phi) is 5.49. The van der Waals surface area contributed by atoms with Crippen LogP contribution in [0, 0.1) is 13.8 Å². The maximum atomic E-state index is 13.1. The van der Waals surface area contributed by atoms with Crippen molar-refractivity contribution in [2.45, 2.75) is 32.4 Å². The number of aliphatic hydroxyl groups is 1. The van der Waals surface area contributed by atoms with Crippen LogP contribution >= 0.6 is 0 Å². The van der Waals surface area contributed by atoms with Crippen molar-refractivity contribution < 1.29 is 28.9 Å². The lowest BCUT2D eigenvalue weighted by molar-refractivity contribution is -0.132. The molecule has 0 bridgehead atoms. The minimum atomic E-state index is -1.26. The molecule has 8 nitrogen and oxygen atoms in total. The predicted molar refractivity (Wildman–Crippen MR) is 112 cm³/mol. The van der Waals surface area contributed by atoms with Crippen molar-refractivity contribution in [1.29, 1.82) is 0 Å². The summed E-state index contributed by atoms with van der Waals surface area (Å²) in [5, 5.41) is 13.2. The summed E-state index contributed by atoms with van der Waals surface area (Å²) in [6, 6.07) is 10.4. The number of para-hydroxylation sites is 1. The van der Waals surface area contributed by atoms with Crippen molar-refractivity contribution in [2.75, 3.05) is 26.4 Å². The summed E-state index contributed by atoms with van der Waals surface area (Å²) >= 11 is 0. The van der Waals surface area contributed by atoms with E-state index in [0.717, 1.165) is 16.0 Å². The normalized spacial score (nSPS) is 21.1. The van der Waals surface area contributed by atoms with Gasteiger partial charge in [-0.3, -0.25) is 9.69 Å². The summed E-state index contributed by atoms with van der Waals surface area (Å²) in [5.74, 6) is 1.39. The zero-order valence-electron chi connectivity index (χ0n) is 17.8. The molecule has 164 valence electrons. The second-order valence-corrected chi connectivity index (χ2v) is 8.02. The van der Waals surface area contributed by atoms with Gasteiger partial charge in [0.25, 0.3) is 5.91 Å². The summed E-state index contributed by atoms with van der Waals surface area (Å²) in [6.07, 6.45) is -1.03. The highest BCUT2D eigenvalue weighted by Crippen LogP contribution is 2.37. The minimum Gasteiger partial charge on any atom is -0.490 e. The number of nitrogens with zero attached hydrogens (tertiary/aromatic N) is 1. The van der Waals surface area contributed by atoms with Crippen LogP contribution in [0.3, 0.4) is 0 Å². The van der Waals surface area contributed by atoms with Crippen LogP contribution in [-0.4, -0.2) is 54.4 Å². The SMILES string of the molecule is Cc1cccc(C)c1OC[C@@H](O)CN1C(=O)N[C@@](C)(c2ccc3c(c2)OCCO3)C1=O. The van der Waals surface area contributed by atoms with E-state index >= 15 is 0 Å². The standard InChI is InChI=1S/C23H26N2O6/c1-14-5-4-6-15(2)20(14)31-13-17(26)12-25-21(27)23(3,24-22(25)28)16-7-8-18-19(11-16)30-10-9-29-18/h4-8,11,17,26H,9-10,12-13H2,1-3H3,(H,24,28)/t17-,23-/m0/s1. The van der Waals surface area contributed by atoms with Gasteiger partial charge < -0.3 is 24.6 Å². The van der Waals surface area contributed by atoms with Crippen molar-refractivity contribution in [2.24, 2.45) is 0 Å². The van der Waals surface area contributed by atoms with Gasteiger partial charge in [-0.05, 0) is 49.6 Å². The first-order chi connectivity index (χ1) is 14.8. The molecule has 2 aliphatic heterocycles. The van der Waals surface area contributed by atoms with E-state index in [1.54, 1.807) is 25.1 Å². The number of carbonyl (C=O) groups is 2. The maximum Gasteiger partial charge on any atom is 0.325 e. The lowest BCUT2D eigenvalue weighted by atomic mass is 9.91. The van der Waals surface area contributed by atoms with Gasteiger partial charge in [-0.25, -0.2) is 4.79 Å². The van der Waals surface area contributed by atoms with Gasteiger partial charge >= 0.3 is 6.03 Å². The third kappa shape index (κ3) is 3.90. The van der Waals surface area contributed by atoms with E-state index < -0.39 is 23.6 Å². The second kappa shape index (κ2) is 8.11. The van der Waals surface area contributed by atoms with Crippen LogP contribution in [0.25, 0.3) is 0 Å². The Balaban J connectivity index is 1.45. The third-order valence-corrected chi connectivity index (χ3v) is 5.62. The molecule has 0 radical (unpaired) electrons. The molecule has 2 atom stereocenters. The van der Waals surface area contributed by atoms with Crippen molar-refractivity contribution >= 4 is 11.9 Å². The van der Waals surface area contributed by atoms with E-state index in [0.29, 0.717) is 36.0 Å². The van der Waals surface area contributed by atoms with E-state index in [-0.39, 0.29) is 13.2 Å². The molecule has 0 unspecified atom stereocenters. The van der Waals surface area contributed by atoms with Crippen LogP contribution in [0.15, 0.2) is 36.4 Å². The summed E-state index contributed by atoms with van der Waals surface area (Å²) < 4.78 is 16.9. The Morgan fingerprint density at radius 2 is 1.81 bits per heavy atom. The third-order valence-electron chi connectivity index (χ3n) is 5.62. The lowest BCUT2D eigenvalue weighted by Gasteiger charge is -2.25. The number of aliphatic hydroxyl groups excluding tert-OH is 1. The number of aryl methyl sites for hydroxylation is 2. The van der Waals surface area contributed by atoms with E-state index in [1.807, 2.05) is 32.0 Å². The van der Waals surface area contributed by atoms with Gasteiger partial charge in [0.05, 0.1) is 6.54 Å². The van der Waals surface area contributed by atoms with Crippen molar-refractivity contribution in [3.8, 4) is 17.2 Å². The first-order valence-corrected chi connectivity index (χ1v) is 10.2. The van der Waals surface area contributed by atoms with Gasteiger partial charge in [0.1, 0.15) is 37.2 Å². The van der Waals surface area contributed by atoms with Crippen LogP contribution in [0.1, 0.15) is 23.6 Å². The molecule has 1 fully saturated rings. The molecule has 4 rings (SSSR count). The van der Waals surface area contributed by atoms with Crippen LogP contribution in [0.2, 0.25) is 0 Å². The topological polar surface area (TPSA) is 97.3 Å². The molecule has 2 aliphatic rings. The maximum absolute atomic E-state index is 13.1. The number of nitrogens with one attached hydrogen (secondary N) is 1. The van der Waals surface area contributed by atoms with Crippen LogP contribution in [0.4, 0.5) is 4.79 Å². The number of hydrogen-bond acceptors (Lipinski definition) is 6. The molecule has 0 aromatic heterocycles. The summed E-state index contributed by atoms with van der Waals surface area (Å²) in [4.78, 5) is 26.7. The molecule has 8 heteroatoms. The molecule has 2 aromatic rings. The average Bonchev–Trinajstić information content (AvgIpc) is 2.97. The number of hydrogen-bond donors (Lipinski definition) is 2. The predicted octanol–water partition coefficient (Wildman–Crippen LogP) is 2.28. The number of carbonyl (C=O) groups excluding carboxylic acids is 2. The number of urea groups is 1. The Morgan fingerprint density at radius 3 is 2.52 bits per heavy atom. The van der Waals surface area contributed by atoms with Crippen LogP contribution in [-0.2, 0) is 10.3 Å². The Morgan fingerprint density at radius 1 is 1.13 bits per heavy atom. The molecule has 0 spiro atoms.